The monoisotopic (exact) mass is 434 g/mol. The highest BCUT2D eigenvalue weighted by Crippen LogP contribution is 2.33. The molecule has 3 N–H and O–H groups in total. The number of carboxylic acid groups (broad SMARTS) is 1. The highest BCUT2D eigenvalue weighted by Gasteiger charge is 2.20. The molecule has 2 heterocycles. The number of aromatic amines is 1. The van der Waals surface area contributed by atoms with Crippen molar-refractivity contribution in [1.29, 1.82) is 0 Å². The Balaban J connectivity index is 2.09. The van der Waals surface area contributed by atoms with Gasteiger partial charge in [-0.15, -0.1) is 0 Å². The van der Waals surface area contributed by atoms with Crippen LogP contribution in [0.15, 0.2) is 62.6 Å². The first-order chi connectivity index (χ1) is 15.3. The molecule has 0 radical (unpaired) electrons. The normalized spacial score (nSPS) is 11.2. The first-order valence-corrected chi connectivity index (χ1v) is 10.1. The second-order valence-electron chi connectivity index (χ2n) is 7.86. The smallest absolute Gasteiger partial charge is 0.439 e. The fourth-order valence-corrected chi connectivity index (χ4v) is 3.83. The van der Waals surface area contributed by atoms with E-state index in [1.807, 2.05) is 44.2 Å². The molecule has 0 aliphatic heterocycles. The molecule has 0 saturated carbocycles. The Morgan fingerprint density at radius 2 is 1.88 bits per heavy atom. The number of rotatable bonds is 6. The van der Waals surface area contributed by atoms with Crippen LogP contribution in [0.4, 0.5) is 4.79 Å². The van der Waals surface area contributed by atoms with Crippen molar-refractivity contribution in [3.8, 4) is 22.5 Å². The molecule has 1 amide bonds. The summed E-state index contributed by atoms with van der Waals surface area (Å²) in [5, 5.41) is 16.5. The zero-order valence-corrected chi connectivity index (χ0v) is 17.6. The number of amides is 1. The summed E-state index contributed by atoms with van der Waals surface area (Å²) in [5.74, 6) is -0.272. The number of pyridine rings is 1. The average molecular weight is 434 g/mol. The highest BCUT2D eigenvalue weighted by molar-refractivity contribution is 5.99. The molecular weight excluding hydrogens is 412 g/mol. The average Bonchev–Trinajstić information content (AvgIpc) is 3.20. The summed E-state index contributed by atoms with van der Waals surface area (Å²) in [6.07, 6.45) is -1.18. The Morgan fingerprint density at radius 1 is 1.12 bits per heavy atom. The first kappa shape index (κ1) is 21.1. The maximum absolute atomic E-state index is 13.5. The molecule has 9 nitrogen and oxygen atoms in total. The Kier molecular flexibility index (Phi) is 5.63. The van der Waals surface area contributed by atoms with E-state index in [0.717, 1.165) is 11.1 Å². The van der Waals surface area contributed by atoms with Gasteiger partial charge in [0.25, 0.3) is 5.56 Å². The van der Waals surface area contributed by atoms with E-state index in [4.69, 9.17) is 0 Å². The third kappa shape index (κ3) is 4.04. The van der Waals surface area contributed by atoms with Gasteiger partial charge >= 0.3 is 11.8 Å². The minimum Gasteiger partial charge on any atom is -0.465 e. The van der Waals surface area contributed by atoms with Gasteiger partial charge in [-0.2, -0.15) is 0 Å². The van der Waals surface area contributed by atoms with Crippen molar-refractivity contribution >= 4 is 16.9 Å². The van der Waals surface area contributed by atoms with E-state index in [-0.39, 0.29) is 23.8 Å². The van der Waals surface area contributed by atoms with Crippen LogP contribution in [0.5, 0.6) is 0 Å². The number of hydrogen-bond donors (Lipinski definition) is 3. The van der Waals surface area contributed by atoms with Crippen LogP contribution in [0.25, 0.3) is 33.3 Å². The number of fused-ring (bicyclic) bond motifs is 1. The van der Waals surface area contributed by atoms with Crippen LogP contribution in [0.2, 0.25) is 0 Å². The van der Waals surface area contributed by atoms with E-state index < -0.39 is 11.8 Å². The molecule has 0 fully saturated rings. The molecule has 0 spiro atoms. The lowest BCUT2D eigenvalue weighted by Crippen LogP contribution is -2.31. The summed E-state index contributed by atoms with van der Waals surface area (Å²) in [6, 6.07) is 14.6. The molecule has 0 aliphatic rings. The topological polar surface area (TPSA) is 130 Å². The van der Waals surface area contributed by atoms with Crippen LogP contribution >= 0.6 is 0 Å². The number of nitrogens with one attached hydrogen (secondary N) is 2. The van der Waals surface area contributed by atoms with E-state index in [2.05, 4.69) is 20.0 Å². The fraction of sp³-hybridized carbons (Fsp3) is 0.217. The lowest BCUT2D eigenvalue weighted by atomic mass is 9.94. The molecule has 2 aromatic carbocycles. The fourth-order valence-electron chi connectivity index (χ4n) is 3.83. The van der Waals surface area contributed by atoms with E-state index in [1.54, 1.807) is 22.8 Å². The van der Waals surface area contributed by atoms with Gasteiger partial charge < -0.3 is 15.0 Å². The van der Waals surface area contributed by atoms with E-state index in [1.165, 1.54) is 0 Å². The van der Waals surface area contributed by atoms with Crippen molar-refractivity contribution in [3.05, 3.63) is 75.1 Å². The quantitative estimate of drug-likeness (QED) is 0.426. The molecule has 164 valence electrons. The number of nitrogens with zero attached hydrogens (tertiary/aromatic N) is 2. The maximum Gasteiger partial charge on any atom is 0.439 e. The molecule has 32 heavy (non-hydrogen) atoms. The number of H-pyrrole nitrogens is 1. The number of benzene rings is 2. The van der Waals surface area contributed by atoms with Gasteiger partial charge in [-0.25, -0.2) is 9.59 Å². The number of hydrogen-bond acceptors (Lipinski definition) is 5. The minimum atomic E-state index is -1.18. The van der Waals surface area contributed by atoms with Crippen LogP contribution in [-0.4, -0.2) is 25.9 Å². The van der Waals surface area contributed by atoms with Crippen molar-refractivity contribution in [2.75, 3.05) is 0 Å². The molecule has 0 bridgehead atoms. The summed E-state index contributed by atoms with van der Waals surface area (Å²) in [5.41, 5.74) is 2.50. The molecule has 0 saturated heterocycles. The lowest BCUT2D eigenvalue weighted by molar-refractivity contribution is 0.193. The molecule has 0 unspecified atom stereocenters. The van der Waals surface area contributed by atoms with Gasteiger partial charge in [0, 0.05) is 28.8 Å². The second-order valence-corrected chi connectivity index (χ2v) is 7.86. The maximum atomic E-state index is 13.5. The lowest BCUT2D eigenvalue weighted by Gasteiger charge is -2.21. The summed E-state index contributed by atoms with van der Waals surface area (Å²) in [7, 11) is 0. The zero-order chi connectivity index (χ0) is 22.8. The van der Waals surface area contributed by atoms with Gasteiger partial charge in [-0.1, -0.05) is 55.4 Å². The second kappa shape index (κ2) is 8.54. The van der Waals surface area contributed by atoms with E-state index >= 15 is 0 Å². The van der Waals surface area contributed by atoms with Gasteiger partial charge in [0.05, 0.1) is 6.54 Å². The molecule has 4 rings (SSSR count). The summed E-state index contributed by atoms with van der Waals surface area (Å²) < 4.78 is 6.26. The van der Waals surface area contributed by atoms with Crippen LogP contribution < -0.4 is 16.6 Å². The number of carbonyl (C=O) groups is 1. The summed E-state index contributed by atoms with van der Waals surface area (Å²) in [4.78, 5) is 38.7. The van der Waals surface area contributed by atoms with Crippen LogP contribution in [-0.2, 0) is 13.1 Å². The predicted octanol–water partition coefficient (Wildman–Crippen LogP) is 3.44. The summed E-state index contributed by atoms with van der Waals surface area (Å²) >= 11 is 0. The van der Waals surface area contributed by atoms with Crippen molar-refractivity contribution in [3.63, 3.8) is 0 Å². The van der Waals surface area contributed by atoms with Crippen molar-refractivity contribution in [2.45, 2.75) is 26.9 Å². The van der Waals surface area contributed by atoms with Gasteiger partial charge in [0.1, 0.15) is 0 Å². The Morgan fingerprint density at radius 3 is 2.50 bits per heavy atom. The molecule has 2 aromatic heterocycles. The molecule has 4 aromatic rings. The number of aromatic nitrogens is 3. The van der Waals surface area contributed by atoms with Crippen molar-refractivity contribution < 1.29 is 14.4 Å². The minimum absolute atomic E-state index is 0.0392. The zero-order valence-electron chi connectivity index (χ0n) is 17.6. The SMILES string of the molecule is CC(C)Cn1c(CNC(=O)O)c(-c2ccccc2)c2cc(-c3noc(=O)[nH]3)ccc2c1=O. The standard InChI is InChI=1S/C23H22N4O5/c1-13(2)12-27-18(11-24-22(29)30)19(14-6-4-3-5-7-14)17-10-15(8-9-16(17)21(27)28)20-25-23(31)32-26-20/h3-10,13,24H,11-12H2,1-2H3,(H,29,30)(H,25,26,31). The van der Waals surface area contributed by atoms with Crippen LogP contribution in [0, 0.1) is 5.92 Å². The van der Waals surface area contributed by atoms with Crippen molar-refractivity contribution in [2.24, 2.45) is 5.92 Å². The molecule has 0 aliphatic carbocycles. The van der Waals surface area contributed by atoms with Crippen molar-refractivity contribution in [1.82, 2.24) is 20.0 Å². The first-order valence-electron chi connectivity index (χ1n) is 10.1. The van der Waals surface area contributed by atoms with Gasteiger partial charge in [0.15, 0.2) is 5.82 Å². The van der Waals surface area contributed by atoms with Crippen LogP contribution in [0.1, 0.15) is 19.5 Å². The largest absolute Gasteiger partial charge is 0.465 e. The van der Waals surface area contributed by atoms with Gasteiger partial charge in [-0.05, 0) is 29.0 Å². The third-order valence-electron chi connectivity index (χ3n) is 5.11. The molecule has 9 heteroatoms. The van der Waals surface area contributed by atoms with Gasteiger partial charge in [0.2, 0.25) is 0 Å². The molecule has 0 atom stereocenters. The molecular formula is C23H22N4O5. The van der Waals surface area contributed by atoms with Crippen LogP contribution in [0.3, 0.4) is 0 Å². The Hall–Kier alpha value is -4.14. The summed E-state index contributed by atoms with van der Waals surface area (Å²) in [6.45, 7) is 4.39. The van der Waals surface area contributed by atoms with E-state index in [0.29, 0.717) is 28.6 Å². The van der Waals surface area contributed by atoms with Gasteiger partial charge in [-0.3, -0.25) is 14.3 Å². The predicted molar refractivity (Wildman–Crippen MR) is 119 cm³/mol. The Labute approximate surface area is 182 Å². The highest BCUT2D eigenvalue weighted by atomic mass is 16.5. The van der Waals surface area contributed by atoms with E-state index in [9.17, 15) is 19.5 Å². The third-order valence-corrected chi connectivity index (χ3v) is 5.11. The Bertz CT molecular complexity index is 1400.